The van der Waals surface area contributed by atoms with Gasteiger partial charge in [0.05, 0.1) is 0 Å². The SMILES string of the molecule is CC(=C(O[Si](C)(C)C(C)(C)C)O[Si](C)(C)C(C)(C)C)c1ccc(-c2ccccc2)c(F)c1. The van der Waals surface area contributed by atoms with E-state index in [1.165, 1.54) is 0 Å². The Kier molecular flexibility index (Phi) is 7.57. The van der Waals surface area contributed by atoms with Crippen molar-refractivity contribution in [1.29, 1.82) is 0 Å². The first-order chi connectivity index (χ1) is 14.5. The molecular formula is C27H41FO2Si2. The van der Waals surface area contributed by atoms with Crippen LogP contribution < -0.4 is 0 Å². The van der Waals surface area contributed by atoms with Crippen LogP contribution in [0.15, 0.2) is 54.5 Å². The van der Waals surface area contributed by atoms with Crippen LogP contribution >= 0.6 is 0 Å². The fourth-order valence-corrected chi connectivity index (χ4v) is 4.67. The number of hydrogen-bond donors (Lipinski definition) is 0. The summed E-state index contributed by atoms with van der Waals surface area (Å²) in [7, 11) is -4.31. The van der Waals surface area contributed by atoms with E-state index in [-0.39, 0.29) is 15.9 Å². The molecule has 0 N–H and O–H groups in total. The predicted octanol–water partition coefficient (Wildman–Crippen LogP) is 9.22. The number of halogens is 1. The van der Waals surface area contributed by atoms with Gasteiger partial charge in [0.25, 0.3) is 22.6 Å². The van der Waals surface area contributed by atoms with Crippen molar-refractivity contribution in [2.24, 2.45) is 0 Å². The number of rotatable bonds is 6. The maximum absolute atomic E-state index is 15.1. The minimum atomic E-state index is -2.15. The van der Waals surface area contributed by atoms with Gasteiger partial charge < -0.3 is 8.85 Å². The summed E-state index contributed by atoms with van der Waals surface area (Å²) >= 11 is 0. The normalized spacial score (nSPS) is 13.0. The van der Waals surface area contributed by atoms with E-state index in [4.69, 9.17) is 8.85 Å². The van der Waals surface area contributed by atoms with Gasteiger partial charge in [0, 0.05) is 11.1 Å². The third-order valence-corrected chi connectivity index (χ3v) is 15.7. The molecule has 0 atom stereocenters. The van der Waals surface area contributed by atoms with Crippen LogP contribution in [-0.4, -0.2) is 16.6 Å². The van der Waals surface area contributed by atoms with Gasteiger partial charge in [-0.25, -0.2) is 4.39 Å². The van der Waals surface area contributed by atoms with Crippen molar-refractivity contribution in [2.75, 3.05) is 0 Å². The summed E-state index contributed by atoms with van der Waals surface area (Å²) in [4.78, 5) is 0. The second-order valence-corrected chi connectivity index (χ2v) is 21.1. The molecule has 0 saturated carbocycles. The topological polar surface area (TPSA) is 18.5 Å². The van der Waals surface area contributed by atoms with Crippen LogP contribution in [0.1, 0.15) is 54.0 Å². The molecule has 0 saturated heterocycles. The van der Waals surface area contributed by atoms with Gasteiger partial charge in [0.15, 0.2) is 0 Å². The Labute approximate surface area is 197 Å². The highest BCUT2D eigenvalue weighted by Crippen LogP contribution is 2.43. The first-order valence-corrected chi connectivity index (χ1v) is 17.2. The van der Waals surface area contributed by atoms with Gasteiger partial charge in [0.2, 0.25) is 0 Å². The second kappa shape index (κ2) is 9.18. The Bertz CT molecular complexity index is 935. The van der Waals surface area contributed by atoms with E-state index >= 15 is 4.39 Å². The molecule has 0 heterocycles. The zero-order chi connectivity index (χ0) is 24.5. The zero-order valence-electron chi connectivity index (χ0n) is 21.8. The summed E-state index contributed by atoms with van der Waals surface area (Å²) < 4.78 is 28.6. The van der Waals surface area contributed by atoms with Crippen LogP contribution in [0.3, 0.4) is 0 Å². The van der Waals surface area contributed by atoms with E-state index in [9.17, 15) is 0 Å². The molecule has 0 fully saturated rings. The van der Waals surface area contributed by atoms with E-state index in [1.54, 1.807) is 6.07 Å². The highest BCUT2D eigenvalue weighted by atomic mass is 28.4. The maximum atomic E-state index is 15.1. The van der Waals surface area contributed by atoms with Crippen molar-refractivity contribution in [2.45, 2.75) is 84.7 Å². The molecule has 5 heteroatoms. The Hall–Kier alpha value is -1.86. The molecule has 0 spiro atoms. The molecule has 0 aliphatic carbocycles. The monoisotopic (exact) mass is 472 g/mol. The zero-order valence-corrected chi connectivity index (χ0v) is 23.8. The standard InChI is InChI=1S/C27H41FO2Si2/c1-20(22-17-18-23(24(28)19-22)21-15-13-12-14-16-21)25(29-31(8,9)26(2,3)4)30-32(10,11)27(5,6)7/h12-19H,1-11H3. The quantitative estimate of drug-likeness (QED) is 0.308. The molecule has 0 bridgehead atoms. The van der Waals surface area contributed by atoms with Gasteiger partial charge in [-0.2, -0.15) is 0 Å². The average molecular weight is 473 g/mol. The Morgan fingerprint density at radius 3 is 1.62 bits per heavy atom. The Morgan fingerprint density at radius 1 is 0.750 bits per heavy atom. The lowest BCUT2D eigenvalue weighted by atomic mass is 10.0. The first kappa shape index (κ1) is 26.4. The molecule has 2 rings (SSSR count). The lowest BCUT2D eigenvalue weighted by molar-refractivity contribution is 0.199. The summed E-state index contributed by atoms with van der Waals surface area (Å²) in [6, 6.07) is 15.0. The molecule has 0 aliphatic heterocycles. The van der Waals surface area contributed by atoms with Crippen molar-refractivity contribution < 1.29 is 13.2 Å². The van der Waals surface area contributed by atoms with E-state index in [0.717, 1.165) is 16.7 Å². The molecular weight excluding hydrogens is 431 g/mol. The van der Waals surface area contributed by atoms with Crippen molar-refractivity contribution in [1.82, 2.24) is 0 Å². The number of hydrogen-bond acceptors (Lipinski definition) is 2. The fraction of sp³-hybridized carbons (Fsp3) is 0.481. The molecule has 0 aromatic heterocycles. The van der Waals surface area contributed by atoms with Gasteiger partial charge in [0.1, 0.15) is 5.82 Å². The fourth-order valence-electron chi connectivity index (χ4n) is 2.66. The van der Waals surface area contributed by atoms with Crippen molar-refractivity contribution in [3.63, 3.8) is 0 Å². The summed E-state index contributed by atoms with van der Waals surface area (Å²) in [5, 5.41) is 0.0511. The van der Waals surface area contributed by atoms with Crippen LogP contribution in [-0.2, 0) is 8.85 Å². The van der Waals surface area contributed by atoms with Crippen LogP contribution in [0, 0.1) is 5.82 Å². The molecule has 0 unspecified atom stereocenters. The summed E-state index contributed by atoms with van der Waals surface area (Å²) in [5.74, 6) is 0.321. The minimum Gasteiger partial charge on any atom is -0.520 e. The Morgan fingerprint density at radius 2 is 1.22 bits per heavy atom. The Balaban J connectivity index is 2.57. The van der Waals surface area contributed by atoms with Gasteiger partial charge in [-0.05, 0) is 60.4 Å². The van der Waals surface area contributed by atoms with Crippen molar-refractivity contribution in [3.05, 3.63) is 65.9 Å². The second-order valence-electron chi connectivity index (χ2n) is 11.7. The number of allylic oxidation sites excluding steroid dienone is 1. The highest BCUT2D eigenvalue weighted by Gasteiger charge is 2.44. The van der Waals surface area contributed by atoms with Crippen molar-refractivity contribution in [3.8, 4) is 11.1 Å². The molecule has 0 aliphatic rings. The third kappa shape index (κ3) is 5.93. The van der Waals surface area contributed by atoms with E-state index < -0.39 is 16.6 Å². The largest absolute Gasteiger partial charge is 0.520 e. The molecule has 176 valence electrons. The van der Waals surface area contributed by atoms with Crippen LogP contribution in [0.4, 0.5) is 4.39 Å². The average Bonchev–Trinajstić information content (AvgIpc) is 2.65. The maximum Gasteiger partial charge on any atom is 0.255 e. The lowest BCUT2D eigenvalue weighted by Crippen LogP contribution is -2.45. The molecule has 2 aromatic rings. The van der Waals surface area contributed by atoms with E-state index in [0.29, 0.717) is 11.5 Å². The minimum absolute atomic E-state index is 0.0255. The molecule has 32 heavy (non-hydrogen) atoms. The first-order valence-electron chi connectivity index (χ1n) is 11.4. The molecule has 2 aromatic carbocycles. The van der Waals surface area contributed by atoms with Gasteiger partial charge in [-0.15, -0.1) is 0 Å². The molecule has 0 radical (unpaired) electrons. The summed E-state index contributed by atoms with van der Waals surface area (Å²) in [5.41, 5.74) is 3.10. The third-order valence-electron chi connectivity index (χ3n) is 7.10. The molecule has 0 amide bonds. The smallest absolute Gasteiger partial charge is 0.255 e. The highest BCUT2D eigenvalue weighted by molar-refractivity contribution is 6.75. The van der Waals surface area contributed by atoms with Crippen molar-refractivity contribution >= 4 is 22.2 Å². The van der Waals surface area contributed by atoms with Gasteiger partial charge in [-0.3, -0.25) is 0 Å². The van der Waals surface area contributed by atoms with Crippen LogP contribution in [0.5, 0.6) is 0 Å². The van der Waals surface area contributed by atoms with E-state index in [1.807, 2.05) is 49.4 Å². The van der Waals surface area contributed by atoms with Crippen LogP contribution in [0.2, 0.25) is 36.3 Å². The van der Waals surface area contributed by atoms with E-state index in [2.05, 4.69) is 67.7 Å². The van der Waals surface area contributed by atoms with Gasteiger partial charge in [-0.1, -0.05) is 84.0 Å². The summed E-state index contributed by atoms with van der Waals surface area (Å²) in [6.07, 6.45) is 0. The molecule has 2 nitrogen and oxygen atoms in total. The number of benzene rings is 2. The lowest BCUT2D eigenvalue weighted by Gasteiger charge is -2.42. The summed E-state index contributed by atoms with van der Waals surface area (Å²) in [6.45, 7) is 24.1. The predicted molar refractivity (Wildman–Crippen MR) is 141 cm³/mol. The van der Waals surface area contributed by atoms with Gasteiger partial charge >= 0.3 is 0 Å². The van der Waals surface area contributed by atoms with Crippen LogP contribution in [0.25, 0.3) is 16.7 Å².